The van der Waals surface area contributed by atoms with Gasteiger partial charge in [-0.15, -0.1) is 0 Å². The predicted molar refractivity (Wildman–Crippen MR) is 120 cm³/mol. The van der Waals surface area contributed by atoms with E-state index in [0.717, 1.165) is 29.7 Å². The summed E-state index contributed by atoms with van der Waals surface area (Å²) in [6.07, 6.45) is 7.14. The Morgan fingerprint density at radius 3 is 2.72 bits per heavy atom. The van der Waals surface area contributed by atoms with Crippen molar-refractivity contribution in [2.24, 2.45) is 5.92 Å². The summed E-state index contributed by atoms with van der Waals surface area (Å²) in [7, 11) is 0. The van der Waals surface area contributed by atoms with Crippen molar-refractivity contribution in [1.29, 1.82) is 5.26 Å². The summed E-state index contributed by atoms with van der Waals surface area (Å²) in [5.74, 6) is 0.308. The van der Waals surface area contributed by atoms with Crippen molar-refractivity contribution in [3.8, 4) is 22.9 Å². The number of nitrogens with zero attached hydrogens (tertiary/aromatic N) is 3. The molecular formula is C25H26FN5O. The number of fused-ring (bicyclic) bond motifs is 2. The number of hydrogen-bond donors (Lipinski definition) is 2. The number of hydrogen-bond acceptors (Lipinski definition) is 4. The molecule has 1 aliphatic carbocycles. The molecule has 0 spiro atoms. The van der Waals surface area contributed by atoms with Crippen LogP contribution in [0, 0.1) is 30.0 Å². The Labute approximate surface area is 187 Å². The number of nitrogens with one attached hydrogen (secondary N) is 2. The second-order valence-electron chi connectivity index (χ2n) is 8.26. The van der Waals surface area contributed by atoms with Gasteiger partial charge in [0.25, 0.3) is 0 Å². The smallest absolute Gasteiger partial charge is 0.238 e. The first-order valence-electron chi connectivity index (χ1n) is 10.8. The summed E-state index contributed by atoms with van der Waals surface area (Å²) in [5, 5.41) is 18.5. The summed E-state index contributed by atoms with van der Waals surface area (Å²) < 4.78 is 15.4. The van der Waals surface area contributed by atoms with Gasteiger partial charge in [-0.3, -0.25) is 4.79 Å². The van der Waals surface area contributed by atoms with Crippen LogP contribution in [-0.4, -0.2) is 34.3 Å². The lowest BCUT2D eigenvalue weighted by Crippen LogP contribution is -2.47. The topological polar surface area (TPSA) is 82.7 Å². The van der Waals surface area contributed by atoms with Crippen molar-refractivity contribution in [2.75, 3.05) is 6.54 Å². The molecule has 164 valence electrons. The van der Waals surface area contributed by atoms with Crippen molar-refractivity contribution >= 4 is 5.91 Å². The van der Waals surface area contributed by atoms with Crippen LogP contribution in [0.4, 0.5) is 4.39 Å². The summed E-state index contributed by atoms with van der Waals surface area (Å²) in [6.45, 7) is 1.88. The molecule has 1 aliphatic heterocycles. The van der Waals surface area contributed by atoms with Crippen molar-refractivity contribution < 1.29 is 9.18 Å². The normalized spacial score (nSPS) is 20.8. The number of rotatable bonds is 4. The number of amides is 1. The van der Waals surface area contributed by atoms with Crippen molar-refractivity contribution in [3.63, 3.8) is 0 Å². The molecule has 3 atom stereocenters. The number of nitriles is 1. The number of carbonyl (C=O) groups is 1. The zero-order chi connectivity index (χ0) is 22.5. The van der Waals surface area contributed by atoms with Gasteiger partial charge in [-0.05, 0) is 61.4 Å². The molecule has 2 fully saturated rings. The summed E-state index contributed by atoms with van der Waals surface area (Å²) in [6, 6.07) is 17.5. The van der Waals surface area contributed by atoms with Crippen LogP contribution in [0.3, 0.4) is 0 Å². The van der Waals surface area contributed by atoms with Gasteiger partial charge in [0.15, 0.2) is 0 Å². The second kappa shape index (κ2) is 9.75. The highest BCUT2D eigenvalue weighted by Gasteiger charge is 2.42. The Morgan fingerprint density at radius 1 is 1.25 bits per heavy atom. The van der Waals surface area contributed by atoms with Gasteiger partial charge in [0.05, 0.1) is 24.0 Å². The fourth-order valence-corrected chi connectivity index (χ4v) is 4.35. The quantitative estimate of drug-likeness (QED) is 0.617. The van der Waals surface area contributed by atoms with Gasteiger partial charge in [-0.1, -0.05) is 30.3 Å². The van der Waals surface area contributed by atoms with Crippen LogP contribution < -0.4 is 10.6 Å². The van der Waals surface area contributed by atoms with Crippen molar-refractivity contribution in [3.05, 3.63) is 72.3 Å². The molecule has 3 aromatic rings. The van der Waals surface area contributed by atoms with E-state index in [0.29, 0.717) is 17.5 Å². The van der Waals surface area contributed by atoms with E-state index in [-0.39, 0.29) is 24.3 Å². The third-order valence-corrected chi connectivity index (χ3v) is 6.09. The zero-order valence-corrected chi connectivity index (χ0v) is 18.0. The van der Waals surface area contributed by atoms with Gasteiger partial charge in [0.1, 0.15) is 12.4 Å². The largest absolute Gasteiger partial charge is 0.342 e. The number of aryl methyl sites for hydroxylation is 1. The van der Waals surface area contributed by atoms with Gasteiger partial charge in [-0.25, -0.2) is 9.07 Å². The molecule has 1 aromatic heterocycles. The van der Waals surface area contributed by atoms with Crippen LogP contribution in [0.2, 0.25) is 0 Å². The maximum atomic E-state index is 13.6. The molecule has 1 saturated heterocycles. The lowest BCUT2D eigenvalue weighted by atomic mass is 9.99. The standard InChI is InChI=1S/C16H13FN2.C9H13N3O/c1-12-7-8-13(9-16(12)17)14-10-18-19(11-14)15-5-3-2-4-6-15;10-3-4-11-9(13)8-6-1-2-7(5-6)12-8/h2-11H,1H3;6-8,12H,1-2,4-5H2,(H,11,13). The van der Waals surface area contributed by atoms with E-state index in [2.05, 4.69) is 15.7 Å². The Kier molecular flexibility index (Phi) is 6.62. The molecule has 2 heterocycles. The molecule has 2 N–H and O–H groups in total. The number of carbonyl (C=O) groups excluding carboxylic acids is 1. The predicted octanol–water partition coefficient (Wildman–Crippen LogP) is 3.75. The fraction of sp³-hybridized carbons (Fsp3) is 0.320. The monoisotopic (exact) mass is 431 g/mol. The number of benzene rings is 2. The maximum Gasteiger partial charge on any atom is 0.238 e. The van der Waals surface area contributed by atoms with E-state index >= 15 is 0 Å². The van der Waals surface area contributed by atoms with Crippen LogP contribution in [0.15, 0.2) is 60.9 Å². The molecule has 5 rings (SSSR count). The third-order valence-electron chi connectivity index (χ3n) is 6.09. The SMILES string of the molecule is Cc1ccc(-c2cnn(-c3ccccc3)c2)cc1F.N#CCNC(=O)C1NC2CCC1C2. The van der Waals surface area contributed by atoms with Crippen LogP contribution in [0.1, 0.15) is 24.8 Å². The van der Waals surface area contributed by atoms with Crippen molar-refractivity contribution in [1.82, 2.24) is 20.4 Å². The van der Waals surface area contributed by atoms with E-state index in [1.165, 1.54) is 6.42 Å². The molecule has 1 saturated carbocycles. The Hall–Kier alpha value is -3.50. The average Bonchev–Trinajstić information content (AvgIpc) is 3.58. The maximum absolute atomic E-state index is 13.6. The van der Waals surface area contributed by atoms with E-state index in [9.17, 15) is 9.18 Å². The number of piperidine rings is 1. The zero-order valence-electron chi connectivity index (χ0n) is 18.0. The number of para-hydroxylation sites is 1. The summed E-state index contributed by atoms with van der Waals surface area (Å²) in [4.78, 5) is 11.5. The van der Waals surface area contributed by atoms with Crippen LogP contribution >= 0.6 is 0 Å². The lowest BCUT2D eigenvalue weighted by molar-refractivity contribution is -0.123. The third kappa shape index (κ3) is 4.87. The van der Waals surface area contributed by atoms with Gasteiger partial charge in [-0.2, -0.15) is 10.4 Å². The molecule has 32 heavy (non-hydrogen) atoms. The molecule has 2 aromatic carbocycles. The Balaban J connectivity index is 0.000000165. The van der Waals surface area contributed by atoms with E-state index in [1.807, 2.05) is 48.7 Å². The Morgan fingerprint density at radius 2 is 2.06 bits per heavy atom. The van der Waals surface area contributed by atoms with Gasteiger partial charge in [0.2, 0.25) is 5.91 Å². The summed E-state index contributed by atoms with van der Waals surface area (Å²) in [5.41, 5.74) is 3.38. The molecule has 7 heteroatoms. The minimum atomic E-state index is -0.190. The van der Waals surface area contributed by atoms with Crippen LogP contribution in [0.5, 0.6) is 0 Å². The minimum absolute atomic E-state index is 0.00579. The first-order valence-corrected chi connectivity index (χ1v) is 10.8. The van der Waals surface area contributed by atoms with E-state index in [1.54, 1.807) is 29.9 Å². The van der Waals surface area contributed by atoms with Crippen LogP contribution in [-0.2, 0) is 4.79 Å². The molecule has 0 radical (unpaired) electrons. The molecule has 2 aliphatic rings. The van der Waals surface area contributed by atoms with Gasteiger partial charge < -0.3 is 10.6 Å². The highest BCUT2D eigenvalue weighted by molar-refractivity contribution is 5.82. The Bertz CT molecular complexity index is 1120. The fourth-order valence-electron chi connectivity index (χ4n) is 4.35. The highest BCUT2D eigenvalue weighted by Crippen LogP contribution is 2.35. The van der Waals surface area contributed by atoms with Gasteiger partial charge in [0, 0.05) is 17.8 Å². The second-order valence-corrected chi connectivity index (χ2v) is 8.26. The van der Waals surface area contributed by atoms with Gasteiger partial charge >= 0.3 is 0 Å². The average molecular weight is 432 g/mol. The molecule has 6 nitrogen and oxygen atoms in total. The van der Waals surface area contributed by atoms with Crippen molar-refractivity contribution in [2.45, 2.75) is 38.3 Å². The van der Waals surface area contributed by atoms with E-state index < -0.39 is 0 Å². The number of halogens is 1. The molecular weight excluding hydrogens is 405 g/mol. The molecule has 3 unspecified atom stereocenters. The lowest BCUT2D eigenvalue weighted by Gasteiger charge is -2.21. The highest BCUT2D eigenvalue weighted by atomic mass is 19.1. The first-order chi connectivity index (χ1) is 15.5. The number of aromatic nitrogens is 2. The minimum Gasteiger partial charge on any atom is -0.342 e. The van der Waals surface area contributed by atoms with E-state index in [4.69, 9.17) is 5.26 Å². The molecule has 1 amide bonds. The van der Waals surface area contributed by atoms with Crippen LogP contribution in [0.25, 0.3) is 16.8 Å². The first kappa shape index (κ1) is 21.7. The summed E-state index contributed by atoms with van der Waals surface area (Å²) >= 11 is 0. The molecule has 2 bridgehead atoms.